The third-order valence-electron chi connectivity index (χ3n) is 3.16. The lowest BCUT2D eigenvalue weighted by Gasteiger charge is -2.36. The van der Waals surface area contributed by atoms with Crippen LogP contribution in [-0.4, -0.2) is 42.1 Å². The number of piperazine rings is 1. The molecule has 0 amide bonds. The molecule has 1 aromatic rings. The van der Waals surface area contributed by atoms with E-state index < -0.39 is 0 Å². The van der Waals surface area contributed by atoms with E-state index in [0.29, 0.717) is 0 Å². The summed E-state index contributed by atoms with van der Waals surface area (Å²) in [5.74, 6) is 0. The Hall–Kier alpha value is -1.12. The quantitative estimate of drug-likeness (QED) is 0.819. The zero-order chi connectivity index (χ0) is 12.1. The van der Waals surface area contributed by atoms with Gasteiger partial charge in [-0.15, -0.1) is 11.3 Å². The van der Waals surface area contributed by atoms with Gasteiger partial charge in [-0.3, -0.25) is 4.90 Å². The third-order valence-corrected chi connectivity index (χ3v) is 3.99. The molecule has 2 heterocycles. The highest BCUT2D eigenvalue weighted by Crippen LogP contribution is 2.20. The molecular formula is C12H18N4S. The van der Waals surface area contributed by atoms with Crippen LogP contribution in [0.5, 0.6) is 0 Å². The SMILES string of the molecule is CCCC(C#N)N1CCN(c2nccs2)CC1. The summed E-state index contributed by atoms with van der Waals surface area (Å²) < 4.78 is 0. The van der Waals surface area contributed by atoms with Gasteiger partial charge in [-0.1, -0.05) is 13.3 Å². The Labute approximate surface area is 106 Å². The first-order valence-electron chi connectivity index (χ1n) is 6.13. The van der Waals surface area contributed by atoms with Crippen LogP contribution >= 0.6 is 11.3 Å². The predicted octanol–water partition coefficient (Wildman–Crippen LogP) is 1.96. The zero-order valence-corrected chi connectivity index (χ0v) is 11.0. The molecule has 0 bridgehead atoms. The molecule has 1 aliphatic heterocycles. The second-order valence-corrected chi connectivity index (χ2v) is 5.14. The first kappa shape index (κ1) is 12.3. The second kappa shape index (κ2) is 5.99. The van der Waals surface area contributed by atoms with Crippen molar-refractivity contribution in [3.63, 3.8) is 0 Å². The average Bonchev–Trinajstić information content (AvgIpc) is 2.90. The predicted molar refractivity (Wildman–Crippen MR) is 70.2 cm³/mol. The molecule has 0 aromatic carbocycles. The highest BCUT2D eigenvalue weighted by molar-refractivity contribution is 7.13. The molecule has 0 N–H and O–H groups in total. The van der Waals surface area contributed by atoms with Crippen molar-refractivity contribution in [2.24, 2.45) is 0 Å². The summed E-state index contributed by atoms with van der Waals surface area (Å²) in [6.45, 7) is 6.04. The van der Waals surface area contributed by atoms with Crippen LogP contribution in [0.25, 0.3) is 0 Å². The normalized spacial score (nSPS) is 18.9. The highest BCUT2D eigenvalue weighted by atomic mass is 32.1. The molecule has 0 saturated carbocycles. The molecule has 0 radical (unpaired) electrons. The Morgan fingerprint density at radius 2 is 2.24 bits per heavy atom. The van der Waals surface area contributed by atoms with Gasteiger partial charge in [0, 0.05) is 37.8 Å². The van der Waals surface area contributed by atoms with Gasteiger partial charge in [0.05, 0.1) is 12.1 Å². The summed E-state index contributed by atoms with van der Waals surface area (Å²) in [5, 5.41) is 12.3. The number of anilines is 1. The van der Waals surface area contributed by atoms with Gasteiger partial charge in [-0.05, 0) is 6.42 Å². The van der Waals surface area contributed by atoms with Crippen LogP contribution in [0.4, 0.5) is 5.13 Å². The monoisotopic (exact) mass is 250 g/mol. The number of rotatable bonds is 4. The maximum atomic E-state index is 9.14. The van der Waals surface area contributed by atoms with Crippen LogP contribution in [0, 0.1) is 11.3 Å². The molecule has 5 heteroatoms. The lowest BCUT2D eigenvalue weighted by molar-refractivity contribution is 0.211. The van der Waals surface area contributed by atoms with E-state index in [0.717, 1.165) is 44.2 Å². The van der Waals surface area contributed by atoms with E-state index in [2.05, 4.69) is 27.8 Å². The molecule has 1 saturated heterocycles. The first-order valence-corrected chi connectivity index (χ1v) is 7.01. The van der Waals surface area contributed by atoms with Gasteiger partial charge in [0.1, 0.15) is 0 Å². The van der Waals surface area contributed by atoms with Gasteiger partial charge in [-0.2, -0.15) is 5.26 Å². The number of nitrogens with zero attached hydrogens (tertiary/aromatic N) is 4. The van der Waals surface area contributed by atoms with Gasteiger partial charge in [0.25, 0.3) is 0 Å². The zero-order valence-electron chi connectivity index (χ0n) is 10.2. The van der Waals surface area contributed by atoms with Crippen molar-refractivity contribution in [3.8, 4) is 6.07 Å². The summed E-state index contributed by atoms with van der Waals surface area (Å²) in [4.78, 5) is 8.93. The number of hydrogen-bond donors (Lipinski definition) is 0. The largest absolute Gasteiger partial charge is 0.346 e. The number of hydrogen-bond acceptors (Lipinski definition) is 5. The number of thiazole rings is 1. The van der Waals surface area contributed by atoms with Crippen LogP contribution in [0.15, 0.2) is 11.6 Å². The van der Waals surface area contributed by atoms with Crippen molar-refractivity contribution < 1.29 is 0 Å². The number of aromatic nitrogens is 1. The molecule has 1 atom stereocenters. The van der Waals surface area contributed by atoms with Crippen LogP contribution in [0.3, 0.4) is 0 Å². The third kappa shape index (κ3) is 2.96. The molecule has 1 fully saturated rings. The van der Waals surface area contributed by atoms with Crippen LogP contribution in [0.2, 0.25) is 0 Å². The fraction of sp³-hybridized carbons (Fsp3) is 0.667. The van der Waals surface area contributed by atoms with E-state index in [-0.39, 0.29) is 6.04 Å². The van der Waals surface area contributed by atoms with E-state index >= 15 is 0 Å². The summed E-state index contributed by atoms with van der Waals surface area (Å²) >= 11 is 1.69. The van der Waals surface area contributed by atoms with Crippen LogP contribution in [-0.2, 0) is 0 Å². The molecule has 17 heavy (non-hydrogen) atoms. The minimum atomic E-state index is 0.0958. The lowest BCUT2D eigenvalue weighted by Crippen LogP contribution is -2.50. The lowest BCUT2D eigenvalue weighted by atomic mass is 10.1. The van der Waals surface area contributed by atoms with Crippen molar-refractivity contribution >= 4 is 16.5 Å². The van der Waals surface area contributed by atoms with Gasteiger partial charge in [0.15, 0.2) is 5.13 Å². The van der Waals surface area contributed by atoms with Crippen molar-refractivity contribution in [2.75, 3.05) is 31.1 Å². The van der Waals surface area contributed by atoms with E-state index in [9.17, 15) is 0 Å². The molecule has 2 rings (SSSR count). The summed E-state index contributed by atoms with van der Waals surface area (Å²) in [5.41, 5.74) is 0. The van der Waals surface area contributed by atoms with E-state index in [1.54, 1.807) is 11.3 Å². The topological polar surface area (TPSA) is 43.2 Å². The Bertz CT molecular complexity index is 362. The Morgan fingerprint density at radius 3 is 2.76 bits per heavy atom. The molecule has 92 valence electrons. The molecular weight excluding hydrogens is 232 g/mol. The summed E-state index contributed by atoms with van der Waals surface area (Å²) in [6.07, 6.45) is 3.90. The molecule has 1 unspecified atom stereocenters. The van der Waals surface area contributed by atoms with Gasteiger partial charge >= 0.3 is 0 Å². The summed E-state index contributed by atoms with van der Waals surface area (Å²) in [6, 6.07) is 2.51. The molecule has 4 nitrogen and oxygen atoms in total. The Balaban J connectivity index is 1.87. The Morgan fingerprint density at radius 1 is 1.47 bits per heavy atom. The summed E-state index contributed by atoms with van der Waals surface area (Å²) in [7, 11) is 0. The van der Waals surface area contributed by atoms with E-state index in [1.165, 1.54) is 0 Å². The molecule has 0 spiro atoms. The standard InChI is InChI=1S/C12H18N4S/c1-2-3-11(10-13)15-5-7-16(8-6-15)12-14-4-9-17-12/h4,9,11H,2-3,5-8H2,1H3. The van der Waals surface area contributed by atoms with Crippen molar-refractivity contribution in [2.45, 2.75) is 25.8 Å². The fourth-order valence-electron chi connectivity index (χ4n) is 2.20. The maximum absolute atomic E-state index is 9.14. The maximum Gasteiger partial charge on any atom is 0.185 e. The van der Waals surface area contributed by atoms with E-state index in [1.807, 2.05) is 11.6 Å². The van der Waals surface area contributed by atoms with Crippen LogP contribution < -0.4 is 4.90 Å². The van der Waals surface area contributed by atoms with Crippen LogP contribution in [0.1, 0.15) is 19.8 Å². The highest BCUT2D eigenvalue weighted by Gasteiger charge is 2.23. The molecule has 1 aromatic heterocycles. The molecule has 0 aliphatic carbocycles. The van der Waals surface area contributed by atoms with E-state index in [4.69, 9.17) is 5.26 Å². The first-order chi connectivity index (χ1) is 8.35. The Kier molecular flexibility index (Phi) is 4.35. The van der Waals surface area contributed by atoms with Gasteiger partial charge < -0.3 is 4.90 Å². The van der Waals surface area contributed by atoms with Gasteiger partial charge in [0.2, 0.25) is 0 Å². The molecule has 1 aliphatic rings. The van der Waals surface area contributed by atoms with Crippen molar-refractivity contribution in [1.82, 2.24) is 9.88 Å². The average molecular weight is 250 g/mol. The van der Waals surface area contributed by atoms with Crippen molar-refractivity contribution in [3.05, 3.63) is 11.6 Å². The number of nitriles is 1. The second-order valence-electron chi connectivity index (χ2n) is 4.27. The van der Waals surface area contributed by atoms with Crippen molar-refractivity contribution in [1.29, 1.82) is 5.26 Å². The van der Waals surface area contributed by atoms with Gasteiger partial charge in [-0.25, -0.2) is 4.98 Å². The smallest absolute Gasteiger partial charge is 0.185 e. The minimum absolute atomic E-state index is 0.0958. The fourth-order valence-corrected chi connectivity index (χ4v) is 2.90. The minimum Gasteiger partial charge on any atom is -0.346 e.